The second-order valence-corrected chi connectivity index (χ2v) is 7.34. The highest BCUT2D eigenvalue weighted by molar-refractivity contribution is 14.2. The van der Waals surface area contributed by atoms with E-state index in [1.165, 1.54) is 0 Å². The number of benzene rings is 1. The fourth-order valence-corrected chi connectivity index (χ4v) is 1.92. The molecule has 0 heterocycles. The zero-order chi connectivity index (χ0) is 10.6. The summed E-state index contributed by atoms with van der Waals surface area (Å²) in [5, 5.41) is 0. The van der Waals surface area contributed by atoms with Crippen LogP contribution >= 0.6 is 45.2 Å². The first-order valence-corrected chi connectivity index (χ1v) is 6.54. The molecule has 3 heteroatoms. The van der Waals surface area contributed by atoms with Gasteiger partial charge < -0.3 is 4.74 Å². The highest BCUT2D eigenvalue weighted by atomic mass is 127. The van der Waals surface area contributed by atoms with E-state index in [4.69, 9.17) is 4.74 Å². The molecular weight excluding hydrogens is 402 g/mol. The molecule has 0 atom stereocenters. The molecule has 0 aliphatic rings. The Morgan fingerprint density at radius 1 is 1.14 bits per heavy atom. The molecule has 0 unspecified atom stereocenters. The normalized spacial score (nSPS) is 10.1. The monoisotopic (exact) mass is 414 g/mol. The summed E-state index contributed by atoms with van der Waals surface area (Å²) in [7, 11) is 0. The second-order valence-electron chi connectivity index (χ2n) is 3.12. The number of rotatable bonds is 3. The molecule has 1 rings (SSSR count). The SMILES string of the molecule is CC(C)OC(=C(I)I)c1ccccc1. The van der Waals surface area contributed by atoms with Crippen LogP contribution in [0.25, 0.3) is 5.76 Å². The van der Waals surface area contributed by atoms with Gasteiger partial charge in [-0.25, -0.2) is 0 Å². The van der Waals surface area contributed by atoms with Crippen LogP contribution in [0.2, 0.25) is 0 Å². The van der Waals surface area contributed by atoms with E-state index in [1.807, 2.05) is 32.0 Å². The van der Waals surface area contributed by atoms with E-state index in [9.17, 15) is 0 Å². The van der Waals surface area contributed by atoms with Gasteiger partial charge in [0.1, 0.15) is 5.76 Å². The molecule has 0 bridgehead atoms. The summed E-state index contributed by atoms with van der Waals surface area (Å²) < 4.78 is 6.92. The Labute approximate surface area is 112 Å². The minimum Gasteiger partial charge on any atom is -0.489 e. The van der Waals surface area contributed by atoms with Gasteiger partial charge in [0, 0.05) is 5.56 Å². The average Bonchev–Trinajstić information content (AvgIpc) is 2.15. The molecule has 0 radical (unpaired) electrons. The zero-order valence-corrected chi connectivity index (χ0v) is 12.4. The molecule has 1 nitrogen and oxygen atoms in total. The zero-order valence-electron chi connectivity index (χ0n) is 8.13. The van der Waals surface area contributed by atoms with Crippen molar-refractivity contribution in [1.82, 2.24) is 0 Å². The topological polar surface area (TPSA) is 9.23 Å². The lowest BCUT2D eigenvalue weighted by atomic mass is 10.2. The molecule has 0 saturated heterocycles. The van der Waals surface area contributed by atoms with Crippen LogP contribution in [0.15, 0.2) is 31.9 Å². The van der Waals surface area contributed by atoms with E-state index in [-0.39, 0.29) is 6.10 Å². The third kappa shape index (κ3) is 3.76. The van der Waals surface area contributed by atoms with E-state index in [2.05, 4.69) is 57.3 Å². The predicted molar refractivity (Wildman–Crippen MR) is 77.6 cm³/mol. The van der Waals surface area contributed by atoms with Crippen molar-refractivity contribution in [3.63, 3.8) is 0 Å². The maximum atomic E-state index is 5.76. The van der Waals surface area contributed by atoms with Crippen LogP contribution in [0.4, 0.5) is 0 Å². The molecule has 0 saturated carbocycles. The molecule has 0 spiro atoms. The van der Waals surface area contributed by atoms with Crippen molar-refractivity contribution in [2.75, 3.05) is 0 Å². The number of hydrogen-bond acceptors (Lipinski definition) is 1. The fourth-order valence-electron chi connectivity index (χ4n) is 1.05. The Hall–Kier alpha value is 0.220. The van der Waals surface area contributed by atoms with Crippen LogP contribution in [0, 0.1) is 0 Å². The summed E-state index contributed by atoms with van der Waals surface area (Å²) in [6.07, 6.45) is 0.213. The number of hydrogen-bond donors (Lipinski definition) is 0. The Balaban J connectivity index is 2.97. The van der Waals surface area contributed by atoms with E-state index in [0.29, 0.717) is 0 Å². The Morgan fingerprint density at radius 2 is 1.71 bits per heavy atom. The van der Waals surface area contributed by atoms with Crippen LogP contribution in [-0.2, 0) is 4.74 Å². The van der Waals surface area contributed by atoms with E-state index in [1.54, 1.807) is 0 Å². The first-order chi connectivity index (χ1) is 6.61. The van der Waals surface area contributed by atoms with Crippen molar-refractivity contribution in [2.24, 2.45) is 0 Å². The van der Waals surface area contributed by atoms with Crippen molar-refractivity contribution in [3.8, 4) is 0 Å². The third-order valence-corrected chi connectivity index (χ3v) is 2.54. The molecule has 1 aromatic carbocycles. The highest BCUT2D eigenvalue weighted by Gasteiger charge is 2.08. The molecule has 76 valence electrons. The average molecular weight is 414 g/mol. The molecule has 14 heavy (non-hydrogen) atoms. The van der Waals surface area contributed by atoms with Crippen LogP contribution < -0.4 is 0 Å². The second kappa shape index (κ2) is 5.95. The predicted octanol–water partition coefficient (Wildman–Crippen LogP) is 4.61. The van der Waals surface area contributed by atoms with Crippen LogP contribution in [-0.4, -0.2) is 6.10 Å². The molecular formula is C11H12I2O. The van der Waals surface area contributed by atoms with Crippen LogP contribution in [0.1, 0.15) is 19.4 Å². The maximum absolute atomic E-state index is 5.76. The van der Waals surface area contributed by atoms with Gasteiger partial charge in [-0.05, 0) is 59.0 Å². The quantitative estimate of drug-likeness (QED) is 0.519. The van der Waals surface area contributed by atoms with Gasteiger partial charge in [0.2, 0.25) is 0 Å². The third-order valence-electron chi connectivity index (χ3n) is 1.56. The van der Waals surface area contributed by atoms with Gasteiger partial charge in [-0.2, -0.15) is 0 Å². The van der Waals surface area contributed by atoms with Crippen molar-refractivity contribution in [2.45, 2.75) is 20.0 Å². The minimum atomic E-state index is 0.213. The van der Waals surface area contributed by atoms with Crippen molar-refractivity contribution < 1.29 is 4.74 Å². The van der Waals surface area contributed by atoms with Gasteiger partial charge in [-0.1, -0.05) is 30.3 Å². The smallest absolute Gasteiger partial charge is 0.146 e. The summed E-state index contributed by atoms with van der Waals surface area (Å²) in [5.41, 5.74) is 1.14. The van der Waals surface area contributed by atoms with Gasteiger partial charge in [-0.3, -0.25) is 0 Å². The lowest BCUT2D eigenvalue weighted by Crippen LogP contribution is -2.01. The molecule has 0 amide bonds. The van der Waals surface area contributed by atoms with Gasteiger partial charge >= 0.3 is 0 Å². The Kier molecular flexibility index (Phi) is 5.22. The first-order valence-electron chi connectivity index (χ1n) is 4.38. The Morgan fingerprint density at radius 3 is 2.14 bits per heavy atom. The van der Waals surface area contributed by atoms with Gasteiger partial charge in [-0.15, -0.1) is 0 Å². The van der Waals surface area contributed by atoms with Gasteiger partial charge in [0.05, 0.1) is 7.69 Å². The molecule has 1 aromatic rings. The molecule has 0 fully saturated rings. The van der Waals surface area contributed by atoms with Crippen molar-refractivity contribution in [1.29, 1.82) is 0 Å². The lowest BCUT2D eigenvalue weighted by molar-refractivity contribution is 0.204. The van der Waals surface area contributed by atoms with Crippen LogP contribution in [0.3, 0.4) is 0 Å². The van der Waals surface area contributed by atoms with Gasteiger partial charge in [0.25, 0.3) is 0 Å². The minimum absolute atomic E-state index is 0.213. The van der Waals surface area contributed by atoms with E-state index < -0.39 is 0 Å². The molecule has 0 N–H and O–H groups in total. The molecule has 0 aliphatic carbocycles. The summed E-state index contributed by atoms with van der Waals surface area (Å²) in [5.74, 6) is 0.974. The standard InChI is InChI=1S/C11H12I2O/c1-8(2)14-10(11(12)13)9-6-4-3-5-7-9/h3-8H,1-2H3. The van der Waals surface area contributed by atoms with Crippen LogP contribution in [0.5, 0.6) is 0 Å². The van der Waals surface area contributed by atoms with E-state index >= 15 is 0 Å². The van der Waals surface area contributed by atoms with Gasteiger partial charge in [0.15, 0.2) is 0 Å². The molecule has 0 aromatic heterocycles. The first kappa shape index (κ1) is 12.3. The molecule has 0 aliphatic heterocycles. The highest BCUT2D eigenvalue weighted by Crippen LogP contribution is 2.30. The fraction of sp³-hybridized carbons (Fsp3) is 0.273. The lowest BCUT2D eigenvalue weighted by Gasteiger charge is -2.14. The number of halogens is 2. The summed E-state index contributed by atoms with van der Waals surface area (Å²) in [6.45, 7) is 4.08. The maximum Gasteiger partial charge on any atom is 0.146 e. The number of ether oxygens (including phenoxy) is 1. The van der Waals surface area contributed by atoms with E-state index in [0.717, 1.165) is 12.9 Å². The summed E-state index contributed by atoms with van der Waals surface area (Å²) >= 11 is 4.57. The van der Waals surface area contributed by atoms with Crippen molar-refractivity contribution in [3.05, 3.63) is 37.5 Å². The summed E-state index contributed by atoms with van der Waals surface area (Å²) in [6, 6.07) is 10.2. The Bertz CT molecular complexity index is 313. The summed E-state index contributed by atoms with van der Waals surface area (Å²) in [4.78, 5) is 0. The largest absolute Gasteiger partial charge is 0.489 e. The van der Waals surface area contributed by atoms with Crippen molar-refractivity contribution >= 4 is 50.9 Å².